The van der Waals surface area contributed by atoms with Crippen LogP contribution in [-0.4, -0.2) is 9.97 Å². The Hall–Kier alpha value is -1.84. The van der Waals surface area contributed by atoms with Gasteiger partial charge in [-0.15, -0.1) is 0 Å². The standard InChI is InChI=1S/C15H11Cl2N3/c1-9-6-7-10(8-12(9)16)18-14-11-4-2-3-5-13(11)19-15(17)20-14/h2-8H,1H3,(H,18,19,20). The van der Waals surface area contributed by atoms with E-state index in [9.17, 15) is 0 Å². The van der Waals surface area contributed by atoms with Gasteiger partial charge in [-0.05, 0) is 48.4 Å². The Morgan fingerprint density at radius 2 is 1.80 bits per heavy atom. The molecule has 3 nitrogen and oxygen atoms in total. The van der Waals surface area contributed by atoms with Gasteiger partial charge in [0.15, 0.2) is 0 Å². The molecule has 5 heteroatoms. The molecule has 0 spiro atoms. The third-order valence-electron chi connectivity index (χ3n) is 3.01. The summed E-state index contributed by atoms with van der Waals surface area (Å²) in [5.41, 5.74) is 2.69. The minimum atomic E-state index is 0.212. The van der Waals surface area contributed by atoms with Gasteiger partial charge in [-0.25, -0.2) is 4.98 Å². The van der Waals surface area contributed by atoms with Gasteiger partial charge in [0.05, 0.1) is 5.52 Å². The molecule has 1 aromatic heterocycles. The van der Waals surface area contributed by atoms with Crippen LogP contribution in [0.1, 0.15) is 5.56 Å². The number of hydrogen-bond donors (Lipinski definition) is 1. The number of aryl methyl sites for hydroxylation is 1. The maximum atomic E-state index is 6.13. The Morgan fingerprint density at radius 1 is 1.00 bits per heavy atom. The van der Waals surface area contributed by atoms with Gasteiger partial charge in [-0.2, -0.15) is 4.98 Å². The Morgan fingerprint density at radius 3 is 2.60 bits per heavy atom. The first-order chi connectivity index (χ1) is 9.63. The number of rotatable bonds is 2. The van der Waals surface area contributed by atoms with Crippen molar-refractivity contribution in [2.45, 2.75) is 6.92 Å². The number of fused-ring (bicyclic) bond motifs is 1. The largest absolute Gasteiger partial charge is 0.340 e. The summed E-state index contributed by atoms with van der Waals surface area (Å²) < 4.78 is 0. The molecule has 0 aliphatic carbocycles. The van der Waals surface area contributed by atoms with Gasteiger partial charge in [0, 0.05) is 16.1 Å². The summed E-state index contributed by atoms with van der Waals surface area (Å²) in [6.45, 7) is 1.96. The third kappa shape index (κ3) is 2.55. The van der Waals surface area contributed by atoms with E-state index in [1.165, 1.54) is 0 Å². The molecule has 0 fully saturated rings. The van der Waals surface area contributed by atoms with E-state index in [2.05, 4.69) is 15.3 Å². The molecular weight excluding hydrogens is 293 g/mol. The Kier molecular flexibility index (Phi) is 3.47. The summed E-state index contributed by atoms with van der Waals surface area (Å²) in [6.07, 6.45) is 0. The van der Waals surface area contributed by atoms with Crippen molar-refractivity contribution in [3.05, 3.63) is 58.3 Å². The molecule has 0 aliphatic heterocycles. The van der Waals surface area contributed by atoms with Gasteiger partial charge < -0.3 is 5.32 Å². The second-order valence-corrected chi connectivity index (χ2v) is 5.19. The highest BCUT2D eigenvalue weighted by atomic mass is 35.5. The number of benzene rings is 2. The van der Waals surface area contributed by atoms with Gasteiger partial charge in [0.25, 0.3) is 0 Å². The van der Waals surface area contributed by atoms with Crippen LogP contribution in [0.4, 0.5) is 11.5 Å². The van der Waals surface area contributed by atoms with E-state index in [0.29, 0.717) is 10.8 Å². The predicted molar refractivity (Wildman–Crippen MR) is 84.0 cm³/mol. The minimum absolute atomic E-state index is 0.212. The van der Waals surface area contributed by atoms with E-state index in [-0.39, 0.29) is 5.28 Å². The quantitative estimate of drug-likeness (QED) is 0.678. The molecule has 20 heavy (non-hydrogen) atoms. The molecule has 2 aromatic carbocycles. The zero-order valence-electron chi connectivity index (χ0n) is 10.7. The van der Waals surface area contributed by atoms with Crippen molar-refractivity contribution in [1.82, 2.24) is 9.97 Å². The van der Waals surface area contributed by atoms with Crippen molar-refractivity contribution < 1.29 is 0 Å². The van der Waals surface area contributed by atoms with Crippen molar-refractivity contribution in [2.24, 2.45) is 0 Å². The zero-order chi connectivity index (χ0) is 14.1. The van der Waals surface area contributed by atoms with Crippen molar-refractivity contribution in [3.63, 3.8) is 0 Å². The van der Waals surface area contributed by atoms with E-state index in [0.717, 1.165) is 22.2 Å². The van der Waals surface area contributed by atoms with Crippen molar-refractivity contribution in [2.75, 3.05) is 5.32 Å². The summed E-state index contributed by atoms with van der Waals surface area (Å²) in [4.78, 5) is 8.45. The Labute approximate surface area is 126 Å². The second-order valence-electron chi connectivity index (χ2n) is 4.45. The topological polar surface area (TPSA) is 37.8 Å². The fraction of sp³-hybridized carbons (Fsp3) is 0.0667. The summed E-state index contributed by atoms with van der Waals surface area (Å²) in [7, 11) is 0. The molecule has 0 saturated carbocycles. The van der Waals surface area contributed by atoms with Crippen LogP contribution in [0.2, 0.25) is 10.3 Å². The molecule has 0 amide bonds. The van der Waals surface area contributed by atoms with Crippen molar-refractivity contribution in [3.8, 4) is 0 Å². The first-order valence-corrected chi connectivity index (χ1v) is 6.84. The van der Waals surface area contributed by atoms with Gasteiger partial charge in [-0.3, -0.25) is 0 Å². The molecule has 100 valence electrons. The fourth-order valence-corrected chi connectivity index (χ4v) is 2.31. The first-order valence-electron chi connectivity index (χ1n) is 6.09. The number of aromatic nitrogens is 2. The number of anilines is 2. The van der Waals surface area contributed by atoms with Gasteiger partial charge >= 0.3 is 0 Å². The molecule has 0 unspecified atom stereocenters. The molecule has 1 heterocycles. The number of para-hydroxylation sites is 1. The Balaban J connectivity index is 2.07. The van der Waals surface area contributed by atoms with Crippen LogP contribution in [0.5, 0.6) is 0 Å². The van der Waals surface area contributed by atoms with Crippen LogP contribution >= 0.6 is 23.2 Å². The molecule has 0 radical (unpaired) electrons. The SMILES string of the molecule is Cc1ccc(Nc2nc(Cl)nc3ccccc23)cc1Cl. The van der Waals surface area contributed by atoms with Gasteiger partial charge in [0.2, 0.25) is 5.28 Å². The van der Waals surface area contributed by atoms with E-state index in [4.69, 9.17) is 23.2 Å². The average Bonchev–Trinajstić information content (AvgIpc) is 2.43. The van der Waals surface area contributed by atoms with Crippen LogP contribution in [0.3, 0.4) is 0 Å². The lowest BCUT2D eigenvalue weighted by Gasteiger charge is -2.10. The predicted octanol–water partition coefficient (Wildman–Crippen LogP) is 4.99. The number of hydrogen-bond acceptors (Lipinski definition) is 3. The lowest BCUT2D eigenvalue weighted by molar-refractivity contribution is 1.22. The molecule has 3 aromatic rings. The highest BCUT2D eigenvalue weighted by molar-refractivity contribution is 6.31. The average molecular weight is 304 g/mol. The van der Waals surface area contributed by atoms with Crippen LogP contribution in [-0.2, 0) is 0 Å². The fourth-order valence-electron chi connectivity index (χ4n) is 1.95. The molecule has 1 N–H and O–H groups in total. The molecule has 3 rings (SSSR count). The number of nitrogens with one attached hydrogen (secondary N) is 1. The lowest BCUT2D eigenvalue weighted by atomic mass is 10.2. The van der Waals surface area contributed by atoms with Crippen molar-refractivity contribution >= 4 is 45.6 Å². The first kappa shape index (κ1) is 13.2. The monoisotopic (exact) mass is 303 g/mol. The number of halogens is 2. The summed E-state index contributed by atoms with van der Waals surface area (Å²) in [5.74, 6) is 0.667. The maximum Gasteiger partial charge on any atom is 0.224 e. The van der Waals surface area contributed by atoms with Crippen LogP contribution < -0.4 is 5.32 Å². The van der Waals surface area contributed by atoms with Crippen LogP contribution in [0.25, 0.3) is 10.9 Å². The normalized spacial score (nSPS) is 10.8. The van der Waals surface area contributed by atoms with Gasteiger partial charge in [-0.1, -0.05) is 29.8 Å². The summed E-state index contributed by atoms with van der Waals surface area (Å²) in [5, 5.41) is 5.07. The van der Waals surface area contributed by atoms with E-state index in [1.807, 2.05) is 49.4 Å². The maximum absolute atomic E-state index is 6.13. The summed E-state index contributed by atoms with van der Waals surface area (Å²) >= 11 is 12.1. The van der Waals surface area contributed by atoms with Crippen LogP contribution in [0.15, 0.2) is 42.5 Å². The minimum Gasteiger partial charge on any atom is -0.340 e. The summed E-state index contributed by atoms with van der Waals surface area (Å²) in [6, 6.07) is 13.5. The second kappa shape index (κ2) is 5.27. The molecule has 0 aliphatic rings. The highest BCUT2D eigenvalue weighted by Crippen LogP contribution is 2.27. The van der Waals surface area contributed by atoms with E-state index < -0.39 is 0 Å². The Bertz CT molecular complexity index is 787. The van der Waals surface area contributed by atoms with E-state index >= 15 is 0 Å². The van der Waals surface area contributed by atoms with Crippen molar-refractivity contribution in [1.29, 1.82) is 0 Å². The molecule has 0 atom stereocenters. The van der Waals surface area contributed by atoms with Crippen LogP contribution in [0, 0.1) is 6.92 Å². The highest BCUT2D eigenvalue weighted by Gasteiger charge is 2.07. The van der Waals surface area contributed by atoms with Gasteiger partial charge in [0.1, 0.15) is 5.82 Å². The number of nitrogens with zero attached hydrogens (tertiary/aromatic N) is 2. The smallest absolute Gasteiger partial charge is 0.224 e. The zero-order valence-corrected chi connectivity index (χ0v) is 12.2. The molecule has 0 bridgehead atoms. The lowest BCUT2D eigenvalue weighted by Crippen LogP contribution is -1.97. The van der Waals surface area contributed by atoms with E-state index in [1.54, 1.807) is 0 Å². The molecule has 0 saturated heterocycles. The molecular formula is C15H11Cl2N3. The third-order valence-corrected chi connectivity index (χ3v) is 3.59.